The molecule has 1 rings (SSSR count). The number of aliphatic hydroxyl groups is 2. The third-order valence-corrected chi connectivity index (χ3v) is 3.23. The highest BCUT2D eigenvalue weighted by Crippen LogP contribution is 2.22. The van der Waals surface area contributed by atoms with Crippen molar-refractivity contribution in [1.82, 2.24) is 0 Å². The van der Waals surface area contributed by atoms with Crippen molar-refractivity contribution in [1.29, 1.82) is 0 Å². The van der Waals surface area contributed by atoms with Gasteiger partial charge in [-0.15, -0.1) is 0 Å². The predicted molar refractivity (Wildman–Crippen MR) is 68.0 cm³/mol. The van der Waals surface area contributed by atoms with Crippen molar-refractivity contribution in [2.45, 2.75) is 70.2 Å². The first-order chi connectivity index (χ1) is 9.29. The van der Waals surface area contributed by atoms with Gasteiger partial charge in [-0.1, -0.05) is 0 Å². The van der Waals surface area contributed by atoms with E-state index in [0.29, 0.717) is 6.42 Å². The summed E-state index contributed by atoms with van der Waals surface area (Å²) in [5, 5.41) is 27.7. The van der Waals surface area contributed by atoms with Crippen LogP contribution < -0.4 is 0 Å². The number of Topliss-reactive ketones (excluding diaryl/α,β-unsaturated/α-hetero) is 1. The van der Waals surface area contributed by atoms with Gasteiger partial charge >= 0.3 is 5.97 Å². The molecular formula is C13H22O7. The van der Waals surface area contributed by atoms with Crippen molar-refractivity contribution in [3.63, 3.8) is 0 Å². The molecule has 0 amide bonds. The highest BCUT2D eigenvalue weighted by atomic mass is 16.7. The zero-order valence-electron chi connectivity index (χ0n) is 11.7. The fraction of sp³-hybridized carbons (Fsp3) is 0.846. The summed E-state index contributed by atoms with van der Waals surface area (Å²) >= 11 is 0. The molecule has 7 nitrogen and oxygen atoms in total. The molecule has 1 fully saturated rings. The second-order valence-corrected chi connectivity index (χ2v) is 5.17. The van der Waals surface area contributed by atoms with Gasteiger partial charge in [-0.2, -0.15) is 0 Å². The molecule has 20 heavy (non-hydrogen) atoms. The molecule has 0 aliphatic carbocycles. The maximum Gasteiger partial charge on any atom is 0.310 e. The largest absolute Gasteiger partial charge is 0.481 e. The molecule has 1 heterocycles. The lowest BCUT2D eigenvalue weighted by molar-refractivity contribution is -0.273. The molecule has 5 atom stereocenters. The zero-order valence-corrected chi connectivity index (χ0v) is 11.7. The number of ketones is 1. The van der Waals surface area contributed by atoms with E-state index in [-0.39, 0.29) is 24.7 Å². The first-order valence-electron chi connectivity index (χ1n) is 6.70. The highest BCUT2D eigenvalue weighted by molar-refractivity contribution is 5.94. The van der Waals surface area contributed by atoms with Crippen LogP contribution in [0, 0.1) is 0 Å². The number of aliphatic hydroxyl groups excluding tert-OH is 2. The first-order valence-corrected chi connectivity index (χ1v) is 6.70. The van der Waals surface area contributed by atoms with E-state index in [1.165, 1.54) is 0 Å². The van der Waals surface area contributed by atoms with E-state index in [1.54, 1.807) is 13.8 Å². The third-order valence-electron chi connectivity index (χ3n) is 3.23. The summed E-state index contributed by atoms with van der Waals surface area (Å²) in [5.74, 6) is -1.50. The normalized spacial score (nSPS) is 31.8. The second kappa shape index (κ2) is 7.68. The lowest BCUT2D eigenvalue weighted by Gasteiger charge is -2.36. The second-order valence-electron chi connectivity index (χ2n) is 5.17. The Kier molecular flexibility index (Phi) is 6.54. The van der Waals surface area contributed by atoms with Crippen LogP contribution in [0.4, 0.5) is 0 Å². The van der Waals surface area contributed by atoms with Crippen LogP contribution in [0.15, 0.2) is 0 Å². The summed E-state index contributed by atoms with van der Waals surface area (Å²) < 4.78 is 10.8. The average molecular weight is 290 g/mol. The maximum atomic E-state index is 11.3. The number of carbonyl (C=O) groups is 2. The summed E-state index contributed by atoms with van der Waals surface area (Å²) in [7, 11) is 0. The molecule has 0 aromatic heterocycles. The maximum absolute atomic E-state index is 11.3. The van der Waals surface area contributed by atoms with E-state index >= 15 is 0 Å². The summed E-state index contributed by atoms with van der Waals surface area (Å²) in [4.78, 5) is 21.6. The molecular weight excluding hydrogens is 268 g/mol. The van der Waals surface area contributed by atoms with Gasteiger partial charge in [0.2, 0.25) is 0 Å². The van der Waals surface area contributed by atoms with E-state index in [4.69, 9.17) is 14.6 Å². The van der Waals surface area contributed by atoms with E-state index in [1.807, 2.05) is 0 Å². The Balaban J connectivity index is 2.33. The number of aliphatic carboxylic acids is 1. The van der Waals surface area contributed by atoms with Crippen LogP contribution in [0.2, 0.25) is 0 Å². The van der Waals surface area contributed by atoms with Gasteiger partial charge < -0.3 is 24.8 Å². The van der Waals surface area contributed by atoms with Crippen LogP contribution in [-0.4, -0.2) is 57.8 Å². The lowest BCUT2D eigenvalue weighted by Crippen LogP contribution is -2.48. The average Bonchev–Trinajstić information content (AvgIpc) is 2.32. The van der Waals surface area contributed by atoms with E-state index in [0.717, 1.165) is 0 Å². The number of carboxylic acid groups (broad SMARTS) is 1. The number of rotatable bonds is 7. The van der Waals surface area contributed by atoms with Crippen molar-refractivity contribution in [3.05, 3.63) is 0 Å². The van der Waals surface area contributed by atoms with Gasteiger partial charge in [0.25, 0.3) is 0 Å². The van der Waals surface area contributed by atoms with E-state index in [2.05, 4.69) is 0 Å². The summed E-state index contributed by atoms with van der Waals surface area (Å²) in [6, 6.07) is 0. The highest BCUT2D eigenvalue weighted by Gasteiger charge is 2.35. The van der Waals surface area contributed by atoms with Gasteiger partial charge in [-0.05, 0) is 20.3 Å². The van der Waals surface area contributed by atoms with Crippen molar-refractivity contribution in [2.75, 3.05) is 0 Å². The molecule has 116 valence electrons. The Bertz CT molecular complexity index is 344. The summed E-state index contributed by atoms with van der Waals surface area (Å²) in [5.41, 5.74) is 0. The van der Waals surface area contributed by atoms with Gasteiger partial charge in [0.15, 0.2) is 6.29 Å². The van der Waals surface area contributed by atoms with Crippen molar-refractivity contribution in [3.8, 4) is 0 Å². The predicted octanol–water partition coefficient (Wildman–Crippen LogP) is 0.0722. The number of carboxylic acids is 1. The van der Waals surface area contributed by atoms with E-state index < -0.39 is 37.0 Å². The zero-order chi connectivity index (χ0) is 15.3. The van der Waals surface area contributed by atoms with Crippen LogP contribution in [0.5, 0.6) is 0 Å². The molecule has 7 heteroatoms. The van der Waals surface area contributed by atoms with Crippen LogP contribution in [0.1, 0.15) is 39.5 Å². The number of ether oxygens (including phenoxy) is 2. The van der Waals surface area contributed by atoms with Crippen LogP contribution in [-0.2, 0) is 19.1 Å². The van der Waals surface area contributed by atoms with E-state index in [9.17, 15) is 19.8 Å². The Labute approximate surface area is 117 Å². The number of carbonyl (C=O) groups excluding carboxylic acids is 1. The van der Waals surface area contributed by atoms with Crippen LogP contribution >= 0.6 is 0 Å². The van der Waals surface area contributed by atoms with Crippen molar-refractivity contribution >= 4 is 11.8 Å². The Morgan fingerprint density at radius 2 is 2.00 bits per heavy atom. The van der Waals surface area contributed by atoms with Crippen molar-refractivity contribution < 1.29 is 34.4 Å². The van der Waals surface area contributed by atoms with Gasteiger partial charge in [0.05, 0.1) is 18.3 Å². The molecule has 1 saturated heterocycles. The minimum Gasteiger partial charge on any atom is -0.481 e. The summed E-state index contributed by atoms with van der Waals surface area (Å²) in [6.07, 6.45) is -3.10. The first kappa shape index (κ1) is 17.0. The minimum atomic E-state index is -1.14. The molecule has 1 aliphatic heterocycles. The smallest absolute Gasteiger partial charge is 0.310 e. The van der Waals surface area contributed by atoms with Gasteiger partial charge in [0, 0.05) is 12.8 Å². The Morgan fingerprint density at radius 3 is 2.60 bits per heavy atom. The third kappa shape index (κ3) is 5.54. The van der Waals surface area contributed by atoms with Gasteiger partial charge in [0.1, 0.15) is 18.3 Å². The SMILES string of the molecule is C[C@H](CCC(=O)CC(=O)O)O[C@@H]1O[C@@H](C)[C@H](O)C[C@H]1O. The van der Waals surface area contributed by atoms with Crippen molar-refractivity contribution in [2.24, 2.45) is 0 Å². The molecule has 0 bridgehead atoms. The Morgan fingerprint density at radius 1 is 1.35 bits per heavy atom. The molecule has 0 spiro atoms. The Hall–Kier alpha value is -1.02. The summed E-state index contributed by atoms with van der Waals surface area (Å²) in [6.45, 7) is 3.41. The molecule has 0 radical (unpaired) electrons. The van der Waals surface area contributed by atoms with Gasteiger partial charge in [-0.3, -0.25) is 9.59 Å². The minimum absolute atomic E-state index is 0.106. The lowest BCUT2D eigenvalue weighted by atomic mass is 10.0. The van der Waals surface area contributed by atoms with Crippen LogP contribution in [0.25, 0.3) is 0 Å². The van der Waals surface area contributed by atoms with Gasteiger partial charge in [-0.25, -0.2) is 0 Å². The fourth-order valence-corrected chi connectivity index (χ4v) is 1.98. The molecule has 0 aromatic rings. The molecule has 3 N–H and O–H groups in total. The standard InChI is InChI=1S/C13H22O7/c1-7(3-4-9(14)5-12(17)18)19-13-11(16)6-10(15)8(2)20-13/h7-8,10-11,13,15-16H,3-6H2,1-2H3,(H,17,18)/t7-,8+,10-,11-,13-/m1/s1. The van der Waals surface area contributed by atoms with Crippen LogP contribution in [0.3, 0.4) is 0 Å². The quantitative estimate of drug-likeness (QED) is 0.569. The topological polar surface area (TPSA) is 113 Å². The molecule has 0 unspecified atom stereocenters. The monoisotopic (exact) mass is 290 g/mol. The fourth-order valence-electron chi connectivity index (χ4n) is 1.98. The number of hydrogen-bond acceptors (Lipinski definition) is 6. The molecule has 0 saturated carbocycles. The molecule has 1 aliphatic rings. The number of hydrogen-bond donors (Lipinski definition) is 3. The molecule has 0 aromatic carbocycles.